The predicted molar refractivity (Wildman–Crippen MR) is 114 cm³/mol. The van der Waals surface area contributed by atoms with Gasteiger partial charge in [0.25, 0.3) is 0 Å². The first-order valence-corrected chi connectivity index (χ1v) is 9.63. The monoisotopic (exact) mass is 405 g/mol. The molecule has 1 amide bonds. The molecule has 0 atom stereocenters. The second-order valence-corrected chi connectivity index (χ2v) is 7.20. The van der Waals surface area contributed by atoms with Crippen LogP contribution < -0.4 is 19.5 Å². The SMILES string of the molecule is C=N/C=C(\N=C(C)c1ccccc1OC)NC(=O)C1(c2ccc3c(c2)OCO3)CC1. The van der Waals surface area contributed by atoms with Gasteiger partial charge < -0.3 is 19.5 Å². The standard InChI is InChI=1S/C23H23N3O4/c1-15(17-6-4-5-7-18(17)28-3)25-21(13-24-2)26-22(27)23(10-11-23)16-8-9-19-20(12-16)30-14-29-19/h4-9,12-13H,2,10-11,14H2,1,3H3,(H,26,27)/b21-13+,25-15?. The maximum absolute atomic E-state index is 13.2. The van der Waals surface area contributed by atoms with Crippen molar-refractivity contribution in [3.8, 4) is 17.2 Å². The average molecular weight is 405 g/mol. The molecule has 1 aliphatic carbocycles. The third kappa shape index (κ3) is 3.66. The Morgan fingerprint density at radius 3 is 2.70 bits per heavy atom. The van der Waals surface area contributed by atoms with E-state index in [0.717, 1.165) is 24.0 Å². The molecule has 154 valence electrons. The third-order valence-corrected chi connectivity index (χ3v) is 5.35. The van der Waals surface area contributed by atoms with Crippen molar-refractivity contribution in [2.45, 2.75) is 25.2 Å². The normalized spacial score (nSPS) is 16.7. The molecule has 0 saturated heterocycles. The maximum Gasteiger partial charge on any atom is 0.236 e. The Hall–Kier alpha value is -3.61. The van der Waals surface area contributed by atoms with Crippen LogP contribution in [0.3, 0.4) is 0 Å². The topological polar surface area (TPSA) is 81.5 Å². The van der Waals surface area contributed by atoms with Gasteiger partial charge in [-0.15, -0.1) is 0 Å². The number of methoxy groups -OCH3 is 1. The smallest absolute Gasteiger partial charge is 0.236 e. The maximum atomic E-state index is 13.2. The Bertz CT molecular complexity index is 1050. The van der Waals surface area contributed by atoms with Crippen LogP contribution >= 0.6 is 0 Å². The number of aliphatic imine (C=N–C) groups is 2. The van der Waals surface area contributed by atoms with E-state index in [0.29, 0.717) is 28.8 Å². The Morgan fingerprint density at radius 2 is 1.97 bits per heavy atom. The molecular weight excluding hydrogens is 382 g/mol. The second kappa shape index (κ2) is 8.02. The molecule has 0 aromatic heterocycles. The summed E-state index contributed by atoms with van der Waals surface area (Å²) in [6.07, 6.45) is 2.94. The quantitative estimate of drug-likeness (QED) is 0.714. The van der Waals surface area contributed by atoms with Crippen LogP contribution in [0.15, 0.2) is 64.5 Å². The lowest BCUT2D eigenvalue weighted by atomic mass is 9.94. The van der Waals surface area contributed by atoms with Crippen molar-refractivity contribution in [1.29, 1.82) is 0 Å². The van der Waals surface area contributed by atoms with Crippen LogP contribution in [0, 0.1) is 0 Å². The molecule has 0 radical (unpaired) electrons. The second-order valence-electron chi connectivity index (χ2n) is 7.20. The fourth-order valence-electron chi connectivity index (χ4n) is 3.56. The van der Waals surface area contributed by atoms with Gasteiger partial charge in [0, 0.05) is 5.56 Å². The highest BCUT2D eigenvalue weighted by molar-refractivity contribution is 6.02. The first-order valence-electron chi connectivity index (χ1n) is 9.63. The van der Waals surface area contributed by atoms with Gasteiger partial charge in [-0.3, -0.25) is 9.79 Å². The fourth-order valence-corrected chi connectivity index (χ4v) is 3.56. The van der Waals surface area contributed by atoms with Gasteiger partial charge in [-0.1, -0.05) is 18.2 Å². The van der Waals surface area contributed by atoms with Crippen LogP contribution in [0.5, 0.6) is 17.2 Å². The molecule has 7 heteroatoms. The molecule has 1 saturated carbocycles. The van der Waals surface area contributed by atoms with Gasteiger partial charge in [-0.25, -0.2) is 4.99 Å². The van der Waals surface area contributed by atoms with E-state index >= 15 is 0 Å². The van der Waals surface area contributed by atoms with Crippen molar-refractivity contribution in [3.05, 3.63) is 65.6 Å². The minimum Gasteiger partial charge on any atom is -0.496 e. The molecule has 2 aromatic rings. The summed E-state index contributed by atoms with van der Waals surface area (Å²) < 4.78 is 16.2. The van der Waals surface area contributed by atoms with Crippen LogP contribution in [0.1, 0.15) is 30.9 Å². The van der Waals surface area contributed by atoms with Gasteiger partial charge in [0.05, 0.1) is 24.4 Å². The zero-order valence-electron chi connectivity index (χ0n) is 17.0. The number of nitrogens with one attached hydrogen (secondary N) is 1. The molecule has 1 fully saturated rings. The van der Waals surface area contributed by atoms with Gasteiger partial charge in [0.15, 0.2) is 17.3 Å². The number of nitrogens with zero attached hydrogens (tertiary/aromatic N) is 2. The van der Waals surface area contributed by atoms with Crippen molar-refractivity contribution in [3.63, 3.8) is 0 Å². The van der Waals surface area contributed by atoms with E-state index in [1.54, 1.807) is 7.11 Å². The minimum atomic E-state index is -0.602. The number of fused-ring (bicyclic) bond motifs is 1. The van der Waals surface area contributed by atoms with E-state index in [1.807, 2.05) is 49.4 Å². The highest BCUT2D eigenvalue weighted by atomic mass is 16.7. The van der Waals surface area contributed by atoms with Gasteiger partial charge in [0.2, 0.25) is 12.7 Å². The number of amides is 1. The number of carbonyl (C=O) groups is 1. The molecule has 0 spiro atoms. The fraction of sp³-hybridized carbons (Fsp3) is 0.261. The number of hydrogen-bond donors (Lipinski definition) is 1. The Kier molecular flexibility index (Phi) is 5.27. The highest BCUT2D eigenvalue weighted by Crippen LogP contribution is 2.50. The largest absolute Gasteiger partial charge is 0.496 e. The van der Waals surface area contributed by atoms with E-state index < -0.39 is 5.41 Å². The van der Waals surface area contributed by atoms with E-state index in [9.17, 15) is 4.79 Å². The van der Waals surface area contributed by atoms with E-state index in [4.69, 9.17) is 14.2 Å². The zero-order valence-corrected chi connectivity index (χ0v) is 17.0. The molecular formula is C23H23N3O4. The Balaban J connectivity index is 1.57. The molecule has 1 N–H and O–H groups in total. The van der Waals surface area contributed by atoms with Crippen LogP contribution in [0.2, 0.25) is 0 Å². The number of carbonyl (C=O) groups excluding carboxylic acids is 1. The van der Waals surface area contributed by atoms with Crippen molar-refractivity contribution < 1.29 is 19.0 Å². The summed E-state index contributed by atoms with van der Waals surface area (Å²) in [4.78, 5) is 21.5. The van der Waals surface area contributed by atoms with Gasteiger partial charge >= 0.3 is 0 Å². The van der Waals surface area contributed by atoms with Crippen molar-refractivity contribution in [1.82, 2.24) is 5.32 Å². The molecule has 1 heterocycles. The first-order chi connectivity index (χ1) is 14.6. The number of rotatable bonds is 7. The number of para-hydroxylation sites is 1. The van der Waals surface area contributed by atoms with Crippen LogP contribution in [0.25, 0.3) is 0 Å². The van der Waals surface area contributed by atoms with Crippen molar-refractivity contribution >= 4 is 18.3 Å². The Morgan fingerprint density at radius 1 is 1.20 bits per heavy atom. The highest BCUT2D eigenvalue weighted by Gasteiger charge is 2.51. The third-order valence-electron chi connectivity index (χ3n) is 5.35. The molecule has 0 unspecified atom stereocenters. The summed E-state index contributed by atoms with van der Waals surface area (Å²) >= 11 is 0. The molecule has 2 aromatic carbocycles. The van der Waals surface area contributed by atoms with Gasteiger partial charge in [-0.2, -0.15) is 0 Å². The number of ether oxygens (including phenoxy) is 3. The van der Waals surface area contributed by atoms with Crippen molar-refractivity contribution in [2.24, 2.45) is 9.98 Å². The minimum absolute atomic E-state index is 0.132. The first kappa shape index (κ1) is 19.7. The predicted octanol–water partition coefficient (Wildman–Crippen LogP) is 3.58. The summed E-state index contributed by atoms with van der Waals surface area (Å²) in [7, 11) is 1.61. The number of benzene rings is 2. The van der Waals surface area contributed by atoms with Crippen LogP contribution in [0.4, 0.5) is 0 Å². The summed E-state index contributed by atoms with van der Waals surface area (Å²) in [6, 6.07) is 13.2. The lowest BCUT2D eigenvalue weighted by molar-refractivity contribution is -0.122. The molecule has 7 nitrogen and oxygen atoms in total. The van der Waals surface area contributed by atoms with Gasteiger partial charge in [0.1, 0.15) is 5.75 Å². The molecule has 2 aliphatic rings. The summed E-state index contributed by atoms with van der Waals surface area (Å²) in [5, 5.41) is 2.91. The van der Waals surface area contributed by atoms with E-state index in [1.165, 1.54) is 6.20 Å². The number of hydrogen-bond acceptors (Lipinski definition) is 6. The summed E-state index contributed by atoms with van der Waals surface area (Å²) in [5.41, 5.74) is 1.83. The summed E-state index contributed by atoms with van der Waals surface area (Å²) in [5.74, 6) is 2.26. The average Bonchev–Trinajstić information content (AvgIpc) is 3.44. The van der Waals surface area contributed by atoms with Crippen LogP contribution in [-0.4, -0.2) is 32.2 Å². The zero-order chi connectivity index (χ0) is 21.1. The van der Waals surface area contributed by atoms with Crippen LogP contribution in [-0.2, 0) is 10.2 Å². The van der Waals surface area contributed by atoms with Gasteiger partial charge in [-0.05, 0) is 56.3 Å². The van der Waals surface area contributed by atoms with E-state index in [2.05, 4.69) is 22.0 Å². The molecule has 4 rings (SSSR count). The summed E-state index contributed by atoms with van der Waals surface area (Å²) in [6.45, 7) is 5.55. The Labute approximate surface area is 175 Å². The van der Waals surface area contributed by atoms with E-state index in [-0.39, 0.29) is 12.7 Å². The molecule has 30 heavy (non-hydrogen) atoms. The lowest BCUT2D eigenvalue weighted by Crippen LogP contribution is -2.34. The van der Waals surface area contributed by atoms with Crippen molar-refractivity contribution in [2.75, 3.05) is 13.9 Å². The molecule has 1 aliphatic heterocycles. The lowest BCUT2D eigenvalue weighted by Gasteiger charge is -2.17. The molecule has 0 bridgehead atoms.